The summed E-state index contributed by atoms with van der Waals surface area (Å²) in [7, 11) is 0. The van der Waals surface area contributed by atoms with E-state index in [1.807, 2.05) is 13.8 Å². The second-order valence-electron chi connectivity index (χ2n) is 4.41. The first-order valence-corrected chi connectivity index (χ1v) is 7.67. The van der Waals surface area contributed by atoms with Crippen LogP contribution in [0.2, 0.25) is 0 Å². The van der Waals surface area contributed by atoms with Gasteiger partial charge in [0.05, 0.1) is 13.0 Å². The molecule has 0 amide bonds. The van der Waals surface area contributed by atoms with E-state index < -0.39 is 0 Å². The molecule has 3 nitrogen and oxygen atoms in total. The molecule has 0 fully saturated rings. The van der Waals surface area contributed by atoms with Gasteiger partial charge in [0.25, 0.3) is 0 Å². The van der Waals surface area contributed by atoms with Crippen molar-refractivity contribution in [3.05, 3.63) is 34.1 Å². The van der Waals surface area contributed by atoms with Gasteiger partial charge < -0.3 is 4.74 Å². The van der Waals surface area contributed by atoms with Crippen molar-refractivity contribution < 1.29 is 13.9 Å². The van der Waals surface area contributed by atoms with Gasteiger partial charge in [-0.1, -0.05) is 35.8 Å². The standard InChI is InChI=1S/C15H21BrFNO2/c1-4-18(5-2)14(10-15(19)20-6-3)12-8-7-11(16)9-13(12)17/h7-9,14H,4-6,10H2,1-3H3. The minimum absolute atomic E-state index is 0.161. The van der Waals surface area contributed by atoms with Crippen LogP contribution in [0.5, 0.6) is 0 Å². The fraction of sp³-hybridized carbons (Fsp3) is 0.533. The number of carbonyl (C=O) groups is 1. The highest BCUT2D eigenvalue weighted by Gasteiger charge is 2.24. The van der Waals surface area contributed by atoms with E-state index in [0.29, 0.717) is 16.6 Å². The van der Waals surface area contributed by atoms with Gasteiger partial charge in [-0.15, -0.1) is 0 Å². The lowest BCUT2D eigenvalue weighted by atomic mass is 10.0. The highest BCUT2D eigenvalue weighted by molar-refractivity contribution is 9.10. The van der Waals surface area contributed by atoms with Gasteiger partial charge in [-0.05, 0) is 32.1 Å². The van der Waals surface area contributed by atoms with E-state index in [1.165, 1.54) is 6.07 Å². The van der Waals surface area contributed by atoms with E-state index in [-0.39, 0.29) is 24.2 Å². The molecule has 0 heterocycles. The summed E-state index contributed by atoms with van der Waals surface area (Å²) in [5.41, 5.74) is 0.532. The van der Waals surface area contributed by atoms with Crippen molar-refractivity contribution >= 4 is 21.9 Å². The van der Waals surface area contributed by atoms with E-state index in [2.05, 4.69) is 20.8 Å². The van der Waals surface area contributed by atoms with Crippen LogP contribution < -0.4 is 0 Å². The van der Waals surface area contributed by atoms with Crippen molar-refractivity contribution in [3.63, 3.8) is 0 Å². The van der Waals surface area contributed by atoms with Gasteiger partial charge in [0.15, 0.2) is 0 Å². The quantitative estimate of drug-likeness (QED) is 0.701. The Kier molecular flexibility index (Phi) is 7.16. The Morgan fingerprint density at radius 2 is 2.00 bits per heavy atom. The minimum atomic E-state index is -0.305. The van der Waals surface area contributed by atoms with E-state index in [4.69, 9.17) is 4.74 Å². The molecule has 0 bridgehead atoms. The Labute approximate surface area is 128 Å². The van der Waals surface area contributed by atoms with Crippen LogP contribution in [0.4, 0.5) is 4.39 Å². The van der Waals surface area contributed by atoms with Crippen LogP contribution in [0, 0.1) is 5.82 Å². The van der Waals surface area contributed by atoms with E-state index in [0.717, 1.165) is 13.1 Å². The van der Waals surface area contributed by atoms with Crippen LogP contribution in [-0.4, -0.2) is 30.6 Å². The summed E-state index contributed by atoms with van der Waals surface area (Å²) in [5.74, 6) is -0.604. The SMILES string of the molecule is CCOC(=O)CC(c1ccc(Br)cc1F)N(CC)CC. The van der Waals surface area contributed by atoms with Crippen LogP contribution in [0.25, 0.3) is 0 Å². The van der Waals surface area contributed by atoms with E-state index >= 15 is 0 Å². The zero-order valence-corrected chi connectivity index (χ0v) is 13.7. The highest BCUT2D eigenvalue weighted by Crippen LogP contribution is 2.28. The molecule has 0 aliphatic carbocycles. The smallest absolute Gasteiger partial charge is 0.307 e. The number of halogens is 2. The molecule has 0 saturated carbocycles. The molecule has 0 saturated heterocycles. The van der Waals surface area contributed by atoms with Gasteiger partial charge in [0.2, 0.25) is 0 Å². The lowest BCUT2D eigenvalue weighted by molar-refractivity contribution is -0.144. The number of hydrogen-bond donors (Lipinski definition) is 0. The number of nitrogens with zero attached hydrogens (tertiary/aromatic N) is 1. The predicted octanol–water partition coefficient (Wildman–Crippen LogP) is 3.92. The summed E-state index contributed by atoms with van der Waals surface area (Å²) < 4.78 is 19.8. The van der Waals surface area contributed by atoms with Crippen LogP contribution in [0.15, 0.2) is 22.7 Å². The summed E-state index contributed by atoms with van der Waals surface area (Å²) >= 11 is 3.25. The van der Waals surface area contributed by atoms with Gasteiger partial charge in [-0.3, -0.25) is 9.69 Å². The zero-order valence-electron chi connectivity index (χ0n) is 12.2. The Bertz CT molecular complexity index is 449. The molecular formula is C15H21BrFNO2. The molecule has 112 valence electrons. The number of ether oxygens (including phenoxy) is 1. The topological polar surface area (TPSA) is 29.5 Å². The summed E-state index contributed by atoms with van der Waals surface area (Å²) in [6, 6.07) is 4.65. The van der Waals surface area contributed by atoms with Gasteiger partial charge in [0, 0.05) is 16.1 Å². The van der Waals surface area contributed by atoms with Gasteiger partial charge >= 0.3 is 5.97 Å². The first-order chi connectivity index (χ1) is 9.53. The van der Waals surface area contributed by atoms with Crippen molar-refractivity contribution in [1.82, 2.24) is 4.90 Å². The molecule has 5 heteroatoms. The fourth-order valence-corrected chi connectivity index (χ4v) is 2.58. The average molecular weight is 346 g/mol. The summed E-state index contributed by atoms with van der Waals surface area (Å²) in [6.45, 7) is 7.60. The molecule has 0 aromatic heterocycles. The van der Waals surface area contributed by atoms with Crippen LogP contribution in [0.1, 0.15) is 38.8 Å². The second-order valence-corrected chi connectivity index (χ2v) is 5.33. The molecule has 0 aliphatic heterocycles. The fourth-order valence-electron chi connectivity index (χ4n) is 2.25. The molecule has 1 rings (SSSR count). The normalized spacial score (nSPS) is 12.5. The molecule has 1 atom stereocenters. The predicted molar refractivity (Wildman–Crippen MR) is 81.0 cm³/mol. The first-order valence-electron chi connectivity index (χ1n) is 6.88. The third kappa shape index (κ3) is 4.56. The van der Waals surface area contributed by atoms with Gasteiger partial charge in [-0.25, -0.2) is 4.39 Å². The largest absolute Gasteiger partial charge is 0.466 e. The number of hydrogen-bond acceptors (Lipinski definition) is 3. The number of esters is 1. The molecule has 1 unspecified atom stereocenters. The molecule has 1 aromatic rings. The highest BCUT2D eigenvalue weighted by atomic mass is 79.9. The molecule has 0 spiro atoms. The molecule has 0 N–H and O–H groups in total. The van der Waals surface area contributed by atoms with E-state index in [1.54, 1.807) is 19.1 Å². The lowest BCUT2D eigenvalue weighted by Gasteiger charge is -2.29. The first kappa shape index (κ1) is 17.1. The Morgan fingerprint density at radius 3 is 2.50 bits per heavy atom. The molecule has 0 aliphatic rings. The molecular weight excluding hydrogens is 325 g/mol. The maximum atomic E-state index is 14.2. The van der Waals surface area contributed by atoms with Crippen molar-refractivity contribution in [2.75, 3.05) is 19.7 Å². The maximum Gasteiger partial charge on any atom is 0.307 e. The maximum absolute atomic E-state index is 14.2. The lowest BCUT2D eigenvalue weighted by Crippen LogP contribution is -2.31. The van der Waals surface area contributed by atoms with Crippen LogP contribution >= 0.6 is 15.9 Å². The zero-order chi connectivity index (χ0) is 15.1. The van der Waals surface area contributed by atoms with Gasteiger partial charge in [0.1, 0.15) is 5.82 Å². The summed E-state index contributed by atoms with van der Waals surface area (Å²) in [5, 5.41) is 0. The third-order valence-corrected chi connectivity index (χ3v) is 3.73. The minimum Gasteiger partial charge on any atom is -0.466 e. The van der Waals surface area contributed by atoms with Crippen LogP contribution in [-0.2, 0) is 9.53 Å². The Hall–Kier alpha value is -0.940. The van der Waals surface area contributed by atoms with Gasteiger partial charge in [-0.2, -0.15) is 0 Å². The third-order valence-electron chi connectivity index (χ3n) is 3.24. The second kappa shape index (κ2) is 8.37. The number of benzene rings is 1. The van der Waals surface area contributed by atoms with Crippen LogP contribution in [0.3, 0.4) is 0 Å². The van der Waals surface area contributed by atoms with E-state index in [9.17, 15) is 9.18 Å². The number of rotatable bonds is 7. The van der Waals surface area contributed by atoms with Crippen molar-refractivity contribution in [3.8, 4) is 0 Å². The molecule has 0 radical (unpaired) electrons. The molecule has 20 heavy (non-hydrogen) atoms. The molecule has 1 aromatic carbocycles. The monoisotopic (exact) mass is 345 g/mol. The average Bonchev–Trinajstić information content (AvgIpc) is 2.39. The van der Waals surface area contributed by atoms with Crippen molar-refractivity contribution in [1.29, 1.82) is 0 Å². The number of carbonyl (C=O) groups excluding carboxylic acids is 1. The Morgan fingerprint density at radius 1 is 1.35 bits per heavy atom. The summed E-state index contributed by atoms with van der Waals surface area (Å²) in [6.07, 6.45) is 0.161. The summed E-state index contributed by atoms with van der Waals surface area (Å²) in [4.78, 5) is 13.8. The van der Waals surface area contributed by atoms with Crippen molar-refractivity contribution in [2.45, 2.75) is 33.2 Å². The Balaban J connectivity index is 3.05. The van der Waals surface area contributed by atoms with Crippen molar-refractivity contribution in [2.24, 2.45) is 0 Å².